The normalized spacial score (nSPS) is 10.9. The third-order valence-corrected chi connectivity index (χ3v) is 5.37. The summed E-state index contributed by atoms with van der Waals surface area (Å²) in [4.78, 5) is 19.5. The molecule has 0 bridgehead atoms. The number of aromatic nitrogens is 2. The van der Waals surface area contributed by atoms with Gasteiger partial charge in [-0.25, -0.2) is 14.4 Å². The van der Waals surface area contributed by atoms with Crippen LogP contribution in [0.5, 0.6) is 5.75 Å². The number of carbonyl (C=O) groups is 1. The molecule has 0 saturated heterocycles. The smallest absolute Gasteiger partial charge is 0.150 e. The molecule has 4 aromatic rings. The Balaban J connectivity index is 1.50. The van der Waals surface area contributed by atoms with Crippen LogP contribution in [0.2, 0.25) is 5.02 Å². The summed E-state index contributed by atoms with van der Waals surface area (Å²) in [6.07, 6.45) is 6.16. The summed E-state index contributed by atoms with van der Waals surface area (Å²) < 4.78 is 19.1. The first kappa shape index (κ1) is 23.1. The van der Waals surface area contributed by atoms with Gasteiger partial charge in [0.2, 0.25) is 0 Å². The Morgan fingerprint density at radius 1 is 1.00 bits per heavy atom. The SMILES string of the molecule is Cc1ncnc(Nc2ccc(OCc3cccc(F)c3)c(Cl)c2)c1/C=C/c1ccc(C=O)cc1. The molecular weight excluding hydrogens is 453 g/mol. The van der Waals surface area contributed by atoms with Crippen molar-refractivity contribution in [1.82, 2.24) is 9.97 Å². The zero-order valence-electron chi connectivity index (χ0n) is 18.3. The number of ether oxygens (including phenoxy) is 1. The van der Waals surface area contributed by atoms with Gasteiger partial charge in [0, 0.05) is 16.8 Å². The van der Waals surface area contributed by atoms with Crippen molar-refractivity contribution in [3.05, 3.63) is 112 Å². The minimum absolute atomic E-state index is 0.206. The first-order valence-electron chi connectivity index (χ1n) is 10.5. The number of nitrogens with one attached hydrogen (secondary N) is 1. The number of anilines is 2. The minimum Gasteiger partial charge on any atom is -0.487 e. The van der Waals surface area contributed by atoms with E-state index in [1.165, 1.54) is 18.5 Å². The quantitative estimate of drug-likeness (QED) is 0.282. The molecule has 7 heteroatoms. The van der Waals surface area contributed by atoms with Gasteiger partial charge in [0.1, 0.15) is 36.6 Å². The highest BCUT2D eigenvalue weighted by molar-refractivity contribution is 6.32. The van der Waals surface area contributed by atoms with Gasteiger partial charge in [-0.15, -0.1) is 0 Å². The van der Waals surface area contributed by atoms with Crippen LogP contribution in [0.3, 0.4) is 0 Å². The van der Waals surface area contributed by atoms with Crippen LogP contribution in [0, 0.1) is 12.7 Å². The summed E-state index contributed by atoms with van der Waals surface area (Å²) in [5.74, 6) is 0.807. The van der Waals surface area contributed by atoms with Gasteiger partial charge in [0.05, 0.1) is 10.7 Å². The molecule has 3 aromatic carbocycles. The molecule has 34 heavy (non-hydrogen) atoms. The molecule has 0 unspecified atom stereocenters. The molecule has 0 aliphatic rings. The molecule has 4 rings (SSSR count). The van der Waals surface area contributed by atoms with Gasteiger partial charge in [0.25, 0.3) is 0 Å². The van der Waals surface area contributed by atoms with Crippen molar-refractivity contribution in [3.63, 3.8) is 0 Å². The predicted octanol–water partition coefficient (Wildman–Crippen LogP) is 6.88. The molecule has 1 N–H and O–H groups in total. The van der Waals surface area contributed by atoms with Gasteiger partial charge in [-0.1, -0.05) is 54.1 Å². The molecule has 1 aromatic heterocycles. The molecule has 5 nitrogen and oxygen atoms in total. The third-order valence-electron chi connectivity index (χ3n) is 5.08. The fourth-order valence-corrected chi connectivity index (χ4v) is 3.50. The number of aldehydes is 1. The Hall–Kier alpha value is -4.03. The molecular formula is C27H21ClFN3O2. The van der Waals surface area contributed by atoms with E-state index in [9.17, 15) is 9.18 Å². The Kier molecular flexibility index (Phi) is 7.30. The lowest BCUT2D eigenvalue weighted by atomic mass is 10.1. The van der Waals surface area contributed by atoms with Crippen molar-refractivity contribution < 1.29 is 13.9 Å². The number of rotatable bonds is 8. The molecule has 0 atom stereocenters. The molecule has 0 aliphatic heterocycles. The van der Waals surface area contributed by atoms with Gasteiger partial charge in [-0.2, -0.15) is 0 Å². The summed E-state index contributed by atoms with van der Waals surface area (Å²) in [5, 5.41) is 3.70. The minimum atomic E-state index is -0.310. The van der Waals surface area contributed by atoms with Gasteiger partial charge >= 0.3 is 0 Å². The van der Waals surface area contributed by atoms with E-state index in [2.05, 4.69) is 15.3 Å². The van der Waals surface area contributed by atoms with Crippen molar-refractivity contribution in [2.75, 3.05) is 5.32 Å². The number of hydrogen-bond acceptors (Lipinski definition) is 5. The zero-order valence-corrected chi connectivity index (χ0v) is 19.1. The number of aryl methyl sites for hydroxylation is 1. The Morgan fingerprint density at radius 3 is 2.53 bits per heavy atom. The van der Waals surface area contributed by atoms with Crippen LogP contribution in [0.4, 0.5) is 15.9 Å². The van der Waals surface area contributed by atoms with E-state index in [0.717, 1.165) is 28.8 Å². The predicted molar refractivity (Wildman–Crippen MR) is 133 cm³/mol. The second-order valence-corrected chi connectivity index (χ2v) is 7.94. The van der Waals surface area contributed by atoms with Crippen LogP contribution in [0.25, 0.3) is 12.2 Å². The van der Waals surface area contributed by atoms with Crippen LogP contribution in [0.15, 0.2) is 73.1 Å². The van der Waals surface area contributed by atoms with E-state index in [-0.39, 0.29) is 12.4 Å². The van der Waals surface area contributed by atoms with E-state index in [1.54, 1.807) is 36.4 Å². The lowest BCUT2D eigenvalue weighted by Crippen LogP contribution is -2.01. The molecule has 0 saturated carbocycles. The van der Waals surface area contributed by atoms with Crippen molar-refractivity contribution in [1.29, 1.82) is 0 Å². The molecule has 1 heterocycles. The largest absolute Gasteiger partial charge is 0.487 e. The molecule has 0 amide bonds. The monoisotopic (exact) mass is 473 g/mol. The van der Waals surface area contributed by atoms with Crippen molar-refractivity contribution in [2.45, 2.75) is 13.5 Å². The molecule has 170 valence electrons. The molecule has 0 spiro atoms. The van der Waals surface area contributed by atoms with Crippen molar-refractivity contribution in [2.24, 2.45) is 0 Å². The van der Waals surface area contributed by atoms with Crippen LogP contribution >= 0.6 is 11.6 Å². The van der Waals surface area contributed by atoms with Crippen LogP contribution < -0.4 is 10.1 Å². The highest BCUT2D eigenvalue weighted by Gasteiger charge is 2.09. The fraction of sp³-hybridized carbons (Fsp3) is 0.0741. The number of benzene rings is 3. The maximum absolute atomic E-state index is 13.4. The molecule has 0 radical (unpaired) electrons. The number of carbonyl (C=O) groups excluding carboxylic acids is 1. The first-order valence-corrected chi connectivity index (χ1v) is 10.9. The van der Waals surface area contributed by atoms with E-state index in [1.807, 2.05) is 37.3 Å². The van der Waals surface area contributed by atoms with E-state index >= 15 is 0 Å². The lowest BCUT2D eigenvalue weighted by Gasteiger charge is -2.13. The third kappa shape index (κ3) is 5.85. The average Bonchev–Trinajstić information content (AvgIpc) is 2.83. The van der Waals surface area contributed by atoms with Crippen molar-refractivity contribution in [3.8, 4) is 5.75 Å². The van der Waals surface area contributed by atoms with Gasteiger partial charge in [-0.3, -0.25) is 4.79 Å². The van der Waals surface area contributed by atoms with Gasteiger partial charge in [-0.05, 0) is 54.5 Å². The summed E-state index contributed by atoms with van der Waals surface area (Å²) in [6, 6.07) is 18.8. The Labute approximate surface area is 201 Å². The van der Waals surface area contributed by atoms with Crippen molar-refractivity contribution >= 4 is 41.5 Å². The van der Waals surface area contributed by atoms with Crippen LogP contribution in [-0.4, -0.2) is 16.3 Å². The average molecular weight is 474 g/mol. The van der Waals surface area contributed by atoms with E-state index in [0.29, 0.717) is 27.7 Å². The zero-order chi connectivity index (χ0) is 23.9. The Bertz CT molecular complexity index is 1340. The van der Waals surface area contributed by atoms with E-state index in [4.69, 9.17) is 16.3 Å². The molecule has 0 aliphatic carbocycles. The number of nitrogens with zero attached hydrogens (tertiary/aromatic N) is 2. The summed E-state index contributed by atoms with van der Waals surface area (Å²) >= 11 is 6.42. The fourth-order valence-electron chi connectivity index (χ4n) is 3.27. The van der Waals surface area contributed by atoms with Crippen LogP contribution in [-0.2, 0) is 6.61 Å². The summed E-state index contributed by atoms with van der Waals surface area (Å²) in [6.45, 7) is 2.11. The van der Waals surface area contributed by atoms with Crippen LogP contribution in [0.1, 0.15) is 32.7 Å². The summed E-state index contributed by atoms with van der Waals surface area (Å²) in [7, 11) is 0. The first-order chi connectivity index (χ1) is 16.5. The van der Waals surface area contributed by atoms with Gasteiger partial charge < -0.3 is 10.1 Å². The maximum atomic E-state index is 13.4. The van der Waals surface area contributed by atoms with Gasteiger partial charge in [0.15, 0.2) is 0 Å². The Morgan fingerprint density at radius 2 is 1.79 bits per heavy atom. The number of hydrogen-bond donors (Lipinski definition) is 1. The summed E-state index contributed by atoms with van der Waals surface area (Å²) in [5.41, 5.74) is 4.64. The standard InChI is InChI=1S/C27H21ClFN3O2/c1-18-24(11-9-19-5-7-20(15-33)8-6-19)27(31-17-30-18)32-23-10-12-26(25(28)14-23)34-16-21-3-2-4-22(29)13-21/h2-15,17H,16H2,1H3,(H,30,31,32)/b11-9+. The van der Waals surface area contributed by atoms with E-state index < -0.39 is 0 Å². The highest BCUT2D eigenvalue weighted by atomic mass is 35.5. The highest BCUT2D eigenvalue weighted by Crippen LogP contribution is 2.31. The second kappa shape index (κ2) is 10.7. The lowest BCUT2D eigenvalue weighted by molar-refractivity contribution is 0.112. The number of halogens is 2. The second-order valence-electron chi connectivity index (χ2n) is 7.53. The topological polar surface area (TPSA) is 64.1 Å². The maximum Gasteiger partial charge on any atom is 0.150 e. The molecule has 0 fully saturated rings.